The molecule has 2 aliphatic carbocycles. The van der Waals surface area contributed by atoms with E-state index >= 15 is 0 Å². The van der Waals surface area contributed by atoms with Gasteiger partial charge in [-0.3, -0.25) is 0 Å². The number of hydrogen-bond acceptors (Lipinski definition) is 11. The fraction of sp³-hybridized carbons (Fsp3) is 0.588. The minimum Gasteiger partial charge on any atom is -0.497 e. The summed E-state index contributed by atoms with van der Waals surface area (Å²) in [7, 11) is 1.59. The van der Waals surface area contributed by atoms with E-state index in [1.54, 1.807) is 42.5 Å². The monoisotopic (exact) mass is 670 g/mol. The molecule has 0 spiro atoms. The molecule has 10 nitrogen and oxygen atoms in total. The molecule has 3 heterocycles. The second kappa shape index (κ2) is 15.1. The summed E-state index contributed by atoms with van der Waals surface area (Å²) in [5, 5.41) is 19.1. The zero-order valence-electron chi connectivity index (χ0n) is 26.8. The minimum atomic E-state index is -0.861. The second-order valence-corrected chi connectivity index (χ2v) is 15.3. The topological polar surface area (TPSA) is 114 Å². The number of anilines is 1. The van der Waals surface area contributed by atoms with E-state index in [1.165, 1.54) is 12.8 Å². The van der Waals surface area contributed by atoms with Crippen LogP contribution >= 0.6 is 23.3 Å². The maximum absolute atomic E-state index is 13.3. The first-order valence-electron chi connectivity index (χ1n) is 16.3. The van der Waals surface area contributed by atoms with Gasteiger partial charge >= 0.3 is 6.09 Å². The minimum absolute atomic E-state index is 0.150. The van der Waals surface area contributed by atoms with Gasteiger partial charge in [0.15, 0.2) is 11.4 Å². The first-order chi connectivity index (χ1) is 22.3. The van der Waals surface area contributed by atoms with Crippen molar-refractivity contribution in [1.82, 2.24) is 14.6 Å². The summed E-state index contributed by atoms with van der Waals surface area (Å²) in [4.78, 5) is 19.2. The molecule has 1 aromatic carbocycles. The van der Waals surface area contributed by atoms with Crippen molar-refractivity contribution < 1.29 is 28.8 Å². The van der Waals surface area contributed by atoms with Gasteiger partial charge in [-0.2, -0.15) is 0 Å². The van der Waals surface area contributed by atoms with E-state index in [1.807, 2.05) is 12.2 Å². The van der Waals surface area contributed by atoms with Crippen molar-refractivity contribution in [1.29, 1.82) is 0 Å². The Bertz CT molecular complexity index is 1430. The number of alkyl carbamates (subject to hydrolysis) is 1. The Morgan fingerprint density at radius 1 is 1.26 bits per heavy atom. The number of hydrogen-bond donors (Lipinski definition) is 3. The van der Waals surface area contributed by atoms with E-state index in [2.05, 4.69) is 53.6 Å². The van der Waals surface area contributed by atoms with Crippen LogP contribution in [-0.4, -0.2) is 84.5 Å². The summed E-state index contributed by atoms with van der Waals surface area (Å²) < 4.78 is 26.2. The van der Waals surface area contributed by atoms with Crippen molar-refractivity contribution in [3.63, 3.8) is 0 Å². The highest BCUT2D eigenvalue weighted by Crippen LogP contribution is 2.49. The number of carbonyl (C=O) groups is 1. The molecule has 12 heteroatoms. The molecular formula is C34H46N4O6S2. The van der Waals surface area contributed by atoms with Gasteiger partial charge in [0.25, 0.3) is 0 Å². The van der Waals surface area contributed by atoms with Gasteiger partial charge in [-0.25, -0.2) is 14.1 Å². The van der Waals surface area contributed by atoms with Crippen LogP contribution in [0.4, 0.5) is 9.93 Å². The number of allylic oxidation sites excluding steroid dienone is 3. The van der Waals surface area contributed by atoms with E-state index < -0.39 is 18.2 Å². The number of aromatic nitrogens is 1. The molecule has 2 saturated heterocycles. The van der Waals surface area contributed by atoms with Crippen molar-refractivity contribution >= 4 is 44.7 Å². The summed E-state index contributed by atoms with van der Waals surface area (Å²) in [6.07, 6.45) is 9.13. The van der Waals surface area contributed by atoms with Gasteiger partial charge in [0.1, 0.15) is 11.9 Å². The Morgan fingerprint density at radius 3 is 2.85 bits per heavy atom. The molecule has 1 aromatic heterocycles. The highest BCUT2D eigenvalue weighted by atomic mass is 32.2. The Labute approximate surface area is 279 Å². The van der Waals surface area contributed by atoms with Gasteiger partial charge in [0.2, 0.25) is 0 Å². The summed E-state index contributed by atoms with van der Waals surface area (Å²) >= 11 is 3.30. The van der Waals surface area contributed by atoms with Crippen molar-refractivity contribution in [2.75, 3.05) is 38.7 Å². The van der Waals surface area contributed by atoms with Crippen LogP contribution < -0.4 is 10.6 Å². The smallest absolute Gasteiger partial charge is 0.407 e. The number of benzene rings is 1. The predicted molar refractivity (Wildman–Crippen MR) is 182 cm³/mol. The molecule has 7 atom stereocenters. The van der Waals surface area contributed by atoms with Crippen LogP contribution in [0.5, 0.6) is 0 Å². The summed E-state index contributed by atoms with van der Waals surface area (Å²) in [5.74, 6) is 1.60. The third-order valence-corrected chi connectivity index (χ3v) is 11.0. The summed E-state index contributed by atoms with van der Waals surface area (Å²) in [6.45, 7) is 10.3. The Balaban J connectivity index is 1.13. The van der Waals surface area contributed by atoms with Crippen LogP contribution in [0.1, 0.15) is 39.5 Å². The van der Waals surface area contributed by atoms with Gasteiger partial charge in [-0.1, -0.05) is 43.9 Å². The zero-order valence-corrected chi connectivity index (χ0v) is 28.4. The van der Waals surface area contributed by atoms with Crippen molar-refractivity contribution in [2.24, 2.45) is 23.7 Å². The van der Waals surface area contributed by atoms with Gasteiger partial charge in [0, 0.05) is 41.8 Å². The largest absolute Gasteiger partial charge is 0.497 e. The van der Waals surface area contributed by atoms with Gasteiger partial charge in [-0.15, -0.1) is 0 Å². The molecule has 250 valence electrons. The standard InChI is InChI=1S/C34H46N4O6S2/c1-5-23(41-4)8-6-7-9-27(37-34(40)44-31-21-14-25-26(31)19-43-32(25)42-18-21)29(39)17-38(16-20(2)3)46-24-12-13-28-30(15-24)45-33(36-28)35-22-10-11-22/h5-8,12-13,15,20-22,25-27,29,31-32,39H,1,9-11,14,16-19H2,2-4H3,(H,35,36)(H,37,40)/b7-6+,23-8+. The molecule has 2 aliphatic heterocycles. The molecule has 3 N–H and O–H groups in total. The Hall–Kier alpha value is -2.61. The predicted octanol–water partition coefficient (Wildman–Crippen LogP) is 5.96. The molecule has 2 bridgehead atoms. The van der Waals surface area contributed by atoms with Crippen LogP contribution in [0.2, 0.25) is 0 Å². The van der Waals surface area contributed by atoms with Crippen molar-refractivity contribution in [2.45, 2.75) is 75.0 Å². The number of aliphatic hydroxyl groups is 1. The van der Waals surface area contributed by atoms with Crippen molar-refractivity contribution in [3.05, 3.63) is 54.8 Å². The van der Waals surface area contributed by atoms with E-state index in [9.17, 15) is 9.90 Å². The lowest BCUT2D eigenvalue weighted by molar-refractivity contribution is -0.169. The molecule has 2 aromatic rings. The highest BCUT2D eigenvalue weighted by molar-refractivity contribution is 7.97. The molecule has 7 unspecified atom stereocenters. The number of methoxy groups -OCH3 is 1. The first-order valence-corrected chi connectivity index (χ1v) is 17.9. The molecule has 0 radical (unpaired) electrons. The summed E-state index contributed by atoms with van der Waals surface area (Å²) in [6, 6.07) is 6.30. The third kappa shape index (κ3) is 8.26. The highest BCUT2D eigenvalue weighted by Gasteiger charge is 2.56. The molecule has 46 heavy (non-hydrogen) atoms. The molecule has 2 saturated carbocycles. The van der Waals surface area contributed by atoms with Crippen LogP contribution in [0.25, 0.3) is 10.2 Å². The maximum atomic E-state index is 13.3. The number of nitrogens with zero attached hydrogens (tertiary/aromatic N) is 2. The maximum Gasteiger partial charge on any atom is 0.407 e. The number of ether oxygens (including phenoxy) is 4. The van der Waals surface area contributed by atoms with E-state index in [0.29, 0.717) is 43.9 Å². The molecule has 4 fully saturated rings. The van der Waals surface area contributed by atoms with Gasteiger partial charge in [-0.05, 0) is 73.9 Å². The summed E-state index contributed by atoms with van der Waals surface area (Å²) in [5.41, 5.74) is 0.988. The SMILES string of the molecule is C=C/C(=C\C=C\CC(NC(=O)OC1C2COC3OCC1C3C2)C(O)CN(CC(C)C)Sc1ccc2nc(NC3CC3)sc2c1)OC. The molecule has 1 amide bonds. The van der Waals surface area contributed by atoms with E-state index in [0.717, 1.165) is 33.2 Å². The number of aliphatic hydroxyl groups excluding tert-OH is 1. The lowest BCUT2D eigenvalue weighted by atomic mass is 9.98. The van der Waals surface area contributed by atoms with E-state index in [4.69, 9.17) is 23.9 Å². The van der Waals surface area contributed by atoms with Crippen molar-refractivity contribution in [3.8, 4) is 0 Å². The molecule has 4 aliphatic rings. The quantitative estimate of drug-likeness (QED) is 0.112. The first kappa shape index (κ1) is 33.3. The second-order valence-electron chi connectivity index (χ2n) is 13.1. The number of carbonyl (C=O) groups excluding carboxylic acids is 1. The average Bonchev–Trinajstić information content (AvgIpc) is 3.48. The molecular weight excluding hydrogens is 625 g/mol. The normalized spacial score (nSPS) is 27.0. The number of rotatable bonds is 16. The van der Waals surface area contributed by atoms with Crippen LogP contribution in [-0.2, 0) is 18.9 Å². The van der Waals surface area contributed by atoms with E-state index in [-0.39, 0.29) is 30.1 Å². The number of fused-ring (bicyclic) bond motifs is 2. The van der Waals surface area contributed by atoms with Crippen LogP contribution in [0, 0.1) is 23.7 Å². The molecule has 6 rings (SSSR count). The fourth-order valence-corrected chi connectivity index (χ4v) is 8.80. The van der Waals surface area contributed by atoms with Gasteiger partial charge < -0.3 is 34.7 Å². The average molecular weight is 671 g/mol. The Morgan fingerprint density at radius 2 is 2.09 bits per heavy atom. The lowest BCUT2D eigenvalue weighted by Crippen LogP contribution is -2.49. The fourth-order valence-electron chi connectivity index (χ4n) is 6.55. The lowest BCUT2D eigenvalue weighted by Gasteiger charge is -2.31. The zero-order chi connectivity index (χ0) is 32.2. The number of nitrogens with one attached hydrogen (secondary N) is 2. The Kier molecular flexibility index (Phi) is 10.9. The van der Waals surface area contributed by atoms with Crippen LogP contribution in [0.3, 0.4) is 0 Å². The third-order valence-electron chi connectivity index (χ3n) is 8.98. The van der Waals surface area contributed by atoms with Crippen LogP contribution in [0.15, 0.2) is 59.7 Å². The van der Waals surface area contributed by atoms with Gasteiger partial charge in [0.05, 0.1) is 42.7 Å². The number of amides is 1. The number of thiazole rings is 1.